The molecule has 5 rings (SSSR count). The predicted molar refractivity (Wildman–Crippen MR) is 126 cm³/mol. The Morgan fingerprint density at radius 1 is 0.938 bits per heavy atom. The topological polar surface area (TPSA) is 61.5 Å². The van der Waals surface area contributed by atoms with Gasteiger partial charge < -0.3 is 14.6 Å². The van der Waals surface area contributed by atoms with Gasteiger partial charge >= 0.3 is 0 Å². The molecular formula is C26H26N4O2. The highest BCUT2D eigenvalue weighted by Crippen LogP contribution is 2.21. The number of amides is 1. The largest absolute Gasteiger partial charge is 0.497 e. The number of hydrogen-bond acceptors (Lipinski definition) is 4. The maximum absolute atomic E-state index is 13.0. The Balaban J connectivity index is 1.18. The Kier molecular flexibility index (Phi) is 5.60. The van der Waals surface area contributed by atoms with Crippen molar-refractivity contribution in [3.8, 4) is 16.9 Å². The van der Waals surface area contributed by atoms with E-state index in [-0.39, 0.29) is 5.91 Å². The number of H-pyrrole nitrogens is 1. The summed E-state index contributed by atoms with van der Waals surface area (Å²) >= 11 is 0. The first-order valence-corrected chi connectivity index (χ1v) is 10.9. The number of rotatable bonds is 5. The molecule has 32 heavy (non-hydrogen) atoms. The van der Waals surface area contributed by atoms with Crippen molar-refractivity contribution in [2.24, 2.45) is 0 Å². The van der Waals surface area contributed by atoms with Crippen molar-refractivity contribution in [2.75, 3.05) is 33.3 Å². The molecule has 1 N–H and O–H groups in total. The number of aromatic amines is 1. The minimum atomic E-state index is 0.0973. The zero-order chi connectivity index (χ0) is 21.9. The lowest BCUT2D eigenvalue weighted by Crippen LogP contribution is -2.48. The molecule has 0 unspecified atom stereocenters. The third kappa shape index (κ3) is 4.22. The van der Waals surface area contributed by atoms with Gasteiger partial charge in [-0.05, 0) is 35.4 Å². The van der Waals surface area contributed by atoms with Crippen molar-refractivity contribution < 1.29 is 9.53 Å². The Morgan fingerprint density at radius 2 is 1.66 bits per heavy atom. The number of imidazole rings is 1. The highest BCUT2D eigenvalue weighted by molar-refractivity contribution is 5.94. The lowest BCUT2D eigenvalue weighted by atomic mass is 10.0. The predicted octanol–water partition coefficient (Wildman–Crippen LogP) is 4.20. The quantitative estimate of drug-likeness (QED) is 0.520. The monoisotopic (exact) mass is 426 g/mol. The van der Waals surface area contributed by atoms with Crippen LogP contribution in [0.15, 0.2) is 72.8 Å². The Labute approximate surface area is 187 Å². The number of aromatic nitrogens is 2. The molecule has 6 heteroatoms. The van der Waals surface area contributed by atoms with Crippen molar-refractivity contribution in [2.45, 2.75) is 6.54 Å². The second-order valence-corrected chi connectivity index (χ2v) is 8.08. The minimum Gasteiger partial charge on any atom is -0.497 e. The fourth-order valence-corrected chi connectivity index (χ4v) is 4.18. The molecule has 0 aliphatic carbocycles. The van der Waals surface area contributed by atoms with Crippen molar-refractivity contribution >= 4 is 16.9 Å². The number of benzene rings is 3. The average molecular weight is 427 g/mol. The molecule has 3 aromatic carbocycles. The van der Waals surface area contributed by atoms with Gasteiger partial charge in [-0.3, -0.25) is 9.69 Å². The smallest absolute Gasteiger partial charge is 0.253 e. The van der Waals surface area contributed by atoms with Gasteiger partial charge in [-0.15, -0.1) is 0 Å². The molecule has 0 bridgehead atoms. The van der Waals surface area contributed by atoms with Crippen LogP contribution in [0.5, 0.6) is 5.75 Å². The molecule has 1 aromatic heterocycles. The third-order valence-electron chi connectivity index (χ3n) is 6.01. The van der Waals surface area contributed by atoms with E-state index in [4.69, 9.17) is 4.74 Å². The zero-order valence-corrected chi connectivity index (χ0v) is 18.1. The molecule has 0 atom stereocenters. The van der Waals surface area contributed by atoms with Gasteiger partial charge in [0.15, 0.2) is 0 Å². The van der Waals surface area contributed by atoms with Gasteiger partial charge in [-0.25, -0.2) is 4.98 Å². The number of ether oxygens (including phenoxy) is 1. The van der Waals surface area contributed by atoms with Gasteiger partial charge in [-0.2, -0.15) is 0 Å². The van der Waals surface area contributed by atoms with Gasteiger partial charge in [0.1, 0.15) is 11.6 Å². The van der Waals surface area contributed by atoms with Crippen LogP contribution in [0, 0.1) is 0 Å². The number of piperazine rings is 1. The summed E-state index contributed by atoms with van der Waals surface area (Å²) in [5.41, 5.74) is 4.93. The van der Waals surface area contributed by atoms with E-state index in [0.717, 1.165) is 58.9 Å². The van der Waals surface area contributed by atoms with E-state index in [1.54, 1.807) is 7.11 Å². The molecule has 4 aromatic rings. The number of nitrogens with one attached hydrogen (secondary N) is 1. The number of hydrogen-bond donors (Lipinski definition) is 1. The van der Waals surface area contributed by atoms with Crippen LogP contribution in [0.2, 0.25) is 0 Å². The lowest BCUT2D eigenvalue weighted by molar-refractivity contribution is 0.0626. The van der Waals surface area contributed by atoms with Crippen molar-refractivity contribution in [3.05, 3.63) is 84.2 Å². The van der Waals surface area contributed by atoms with Crippen LogP contribution in [0.1, 0.15) is 16.2 Å². The number of methoxy groups -OCH3 is 1. The molecule has 0 saturated carbocycles. The summed E-state index contributed by atoms with van der Waals surface area (Å²) in [6.07, 6.45) is 0. The van der Waals surface area contributed by atoms with Gasteiger partial charge in [0.25, 0.3) is 5.91 Å². The summed E-state index contributed by atoms with van der Waals surface area (Å²) in [5.74, 6) is 1.85. The van der Waals surface area contributed by atoms with Crippen molar-refractivity contribution in [3.63, 3.8) is 0 Å². The molecule has 1 amide bonds. The molecule has 0 spiro atoms. The molecule has 2 heterocycles. The van der Waals surface area contributed by atoms with Crippen LogP contribution in [-0.2, 0) is 6.54 Å². The number of fused-ring (bicyclic) bond motifs is 1. The second kappa shape index (κ2) is 8.85. The van der Waals surface area contributed by atoms with Crippen LogP contribution < -0.4 is 4.74 Å². The van der Waals surface area contributed by atoms with Crippen LogP contribution in [0.25, 0.3) is 22.2 Å². The molecular weight excluding hydrogens is 400 g/mol. The fourth-order valence-electron chi connectivity index (χ4n) is 4.18. The van der Waals surface area contributed by atoms with E-state index >= 15 is 0 Å². The van der Waals surface area contributed by atoms with Crippen LogP contribution >= 0.6 is 0 Å². The number of carbonyl (C=O) groups is 1. The molecule has 1 aliphatic heterocycles. The first-order valence-electron chi connectivity index (χ1n) is 10.9. The molecule has 0 radical (unpaired) electrons. The summed E-state index contributed by atoms with van der Waals surface area (Å²) in [5, 5.41) is 0. The Hall–Kier alpha value is -3.64. The summed E-state index contributed by atoms with van der Waals surface area (Å²) in [6, 6.07) is 24.0. The molecule has 1 fully saturated rings. The lowest BCUT2D eigenvalue weighted by Gasteiger charge is -2.34. The van der Waals surface area contributed by atoms with E-state index in [1.807, 2.05) is 65.6 Å². The van der Waals surface area contributed by atoms with Gasteiger partial charge in [-0.1, -0.05) is 42.5 Å². The van der Waals surface area contributed by atoms with Crippen molar-refractivity contribution in [1.29, 1.82) is 0 Å². The van der Waals surface area contributed by atoms with Gasteiger partial charge in [0.05, 0.1) is 24.7 Å². The first kappa shape index (κ1) is 20.3. The molecule has 1 saturated heterocycles. The van der Waals surface area contributed by atoms with E-state index in [1.165, 1.54) is 0 Å². The Morgan fingerprint density at radius 3 is 2.38 bits per heavy atom. The maximum atomic E-state index is 13.0. The van der Waals surface area contributed by atoms with Crippen LogP contribution in [-0.4, -0.2) is 59.0 Å². The van der Waals surface area contributed by atoms with E-state index in [2.05, 4.69) is 27.0 Å². The second-order valence-electron chi connectivity index (χ2n) is 8.08. The average Bonchev–Trinajstić information content (AvgIpc) is 3.26. The van der Waals surface area contributed by atoms with Crippen molar-refractivity contribution in [1.82, 2.24) is 19.8 Å². The van der Waals surface area contributed by atoms with Gasteiger partial charge in [0.2, 0.25) is 0 Å². The summed E-state index contributed by atoms with van der Waals surface area (Å²) in [6.45, 7) is 3.83. The van der Waals surface area contributed by atoms with Crippen LogP contribution in [0.4, 0.5) is 0 Å². The minimum absolute atomic E-state index is 0.0973. The summed E-state index contributed by atoms with van der Waals surface area (Å²) in [7, 11) is 1.66. The highest BCUT2D eigenvalue weighted by Gasteiger charge is 2.23. The Bertz CT molecular complexity index is 1210. The van der Waals surface area contributed by atoms with Gasteiger partial charge in [0, 0.05) is 37.8 Å². The van der Waals surface area contributed by atoms with E-state index < -0.39 is 0 Å². The molecule has 162 valence electrons. The highest BCUT2D eigenvalue weighted by atomic mass is 16.5. The number of carbonyl (C=O) groups excluding carboxylic acids is 1. The SMILES string of the molecule is COc1ccc2nc(CN3CCN(C(=O)c4ccc(-c5ccccc5)cc4)CC3)[nH]c2c1. The summed E-state index contributed by atoms with van der Waals surface area (Å²) < 4.78 is 5.29. The fraction of sp³-hybridized carbons (Fsp3) is 0.231. The molecule has 1 aliphatic rings. The van der Waals surface area contributed by atoms with E-state index in [9.17, 15) is 4.79 Å². The maximum Gasteiger partial charge on any atom is 0.253 e. The normalized spacial score (nSPS) is 14.6. The zero-order valence-electron chi connectivity index (χ0n) is 18.1. The third-order valence-corrected chi connectivity index (χ3v) is 6.01. The summed E-state index contributed by atoms with van der Waals surface area (Å²) in [4.78, 5) is 25.3. The van der Waals surface area contributed by atoms with Crippen LogP contribution in [0.3, 0.4) is 0 Å². The number of nitrogens with zero attached hydrogens (tertiary/aromatic N) is 3. The molecule has 6 nitrogen and oxygen atoms in total. The van der Waals surface area contributed by atoms with E-state index in [0.29, 0.717) is 13.1 Å². The first-order chi connectivity index (χ1) is 15.7. The standard InChI is InChI=1S/C26H26N4O2/c1-32-22-11-12-23-24(17-22)28-25(27-23)18-29-13-15-30(16-14-29)26(31)21-9-7-20(8-10-21)19-5-3-2-4-6-19/h2-12,17H,13-16,18H2,1H3,(H,27,28).